The monoisotopic (exact) mass is 264 g/mol. The first kappa shape index (κ1) is 12.8. The Kier molecular flexibility index (Phi) is 3.71. The van der Waals surface area contributed by atoms with Crippen LogP contribution in [0.3, 0.4) is 0 Å². The van der Waals surface area contributed by atoms with Gasteiger partial charge in [-0.25, -0.2) is 0 Å². The van der Waals surface area contributed by atoms with Crippen LogP contribution in [0.4, 0.5) is 0 Å². The van der Waals surface area contributed by atoms with Crippen molar-refractivity contribution in [1.29, 1.82) is 0 Å². The van der Waals surface area contributed by atoms with Crippen molar-refractivity contribution >= 4 is 0 Å². The van der Waals surface area contributed by atoms with E-state index in [1.165, 1.54) is 5.56 Å². The van der Waals surface area contributed by atoms with Crippen LogP contribution in [0.15, 0.2) is 48.5 Å². The molecule has 2 heteroatoms. The molecule has 0 saturated heterocycles. The number of aliphatic hydroxyl groups is 1. The van der Waals surface area contributed by atoms with Crippen LogP contribution in [0.25, 0.3) is 0 Å². The van der Waals surface area contributed by atoms with E-state index in [0.29, 0.717) is 6.61 Å². The molecule has 1 N–H and O–H groups in total. The van der Waals surface area contributed by atoms with E-state index in [2.05, 4.69) is 11.8 Å². The Labute approximate surface area is 119 Å². The van der Waals surface area contributed by atoms with Gasteiger partial charge in [0.25, 0.3) is 0 Å². The van der Waals surface area contributed by atoms with Crippen LogP contribution in [-0.2, 0) is 6.42 Å². The summed E-state index contributed by atoms with van der Waals surface area (Å²) in [7, 11) is 0. The van der Waals surface area contributed by atoms with Gasteiger partial charge in [-0.15, -0.1) is 0 Å². The van der Waals surface area contributed by atoms with Crippen LogP contribution in [0, 0.1) is 11.8 Å². The Morgan fingerprint density at radius 2 is 2.00 bits per heavy atom. The first-order valence-corrected chi connectivity index (χ1v) is 6.80. The van der Waals surface area contributed by atoms with Crippen LogP contribution < -0.4 is 4.74 Å². The maximum atomic E-state index is 9.75. The second-order valence-corrected chi connectivity index (χ2v) is 4.87. The number of hydrogen-bond donors (Lipinski definition) is 1. The van der Waals surface area contributed by atoms with Gasteiger partial charge in [0.2, 0.25) is 0 Å². The Morgan fingerprint density at radius 1 is 1.15 bits per heavy atom. The maximum Gasteiger partial charge on any atom is 0.149 e. The van der Waals surface area contributed by atoms with E-state index in [1.54, 1.807) is 0 Å². The summed E-state index contributed by atoms with van der Waals surface area (Å²) in [6.45, 7) is 0.371. The van der Waals surface area contributed by atoms with Crippen LogP contribution >= 0.6 is 0 Å². The third kappa shape index (κ3) is 2.84. The molecule has 0 aromatic heterocycles. The average Bonchev–Trinajstić information content (AvgIpc) is 2.86. The van der Waals surface area contributed by atoms with Crippen LogP contribution in [0.1, 0.15) is 29.2 Å². The third-order valence-corrected chi connectivity index (χ3v) is 3.48. The third-order valence-electron chi connectivity index (χ3n) is 3.48. The molecule has 0 unspecified atom stereocenters. The number of benzene rings is 2. The predicted octanol–water partition coefficient (Wildman–Crippen LogP) is 3.10. The minimum atomic E-state index is -0.308. The molecular weight excluding hydrogens is 248 g/mol. The number of hydrogen-bond acceptors (Lipinski definition) is 2. The summed E-state index contributed by atoms with van der Waals surface area (Å²) in [5.41, 5.74) is 3.21. The molecule has 0 amide bonds. The zero-order valence-electron chi connectivity index (χ0n) is 11.2. The molecule has 2 aromatic rings. The van der Waals surface area contributed by atoms with Crippen molar-refractivity contribution in [2.45, 2.75) is 18.9 Å². The van der Waals surface area contributed by atoms with Gasteiger partial charge in [0.15, 0.2) is 0 Å². The first-order chi connectivity index (χ1) is 9.83. The van der Waals surface area contributed by atoms with Gasteiger partial charge in [0, 0.05) is 5.56 Å². The van der Waals surface area contributed by atoms with E-state index in [1.807, 2.05) is 48.5 Å². The van der Waals surface area contributed by atoms with E-state index >= 15 is 0 Å². The largest absolute Gasteiger partial charge is 0.481 e. The van der Waals surface area contributed by atoms with Crippen molar-refractivity contribution < 1.29 is 9.84 Å². The molecule has 1 aliphatic carbocycles. The molecule has 0 heterocycles. The summed E-state index contributed by atoms with van der Waals surface area (Å²) in [5.74, 6) is 6.88. The van der Waals surface area contributed by atoms with Crippen LogP contribution in [0.2, 0.25) is 0 Å². The zero-order chi connectivity index (χ0) is 13.8. The van der Waals surface area contributed by atoms with E-state index in [0.717, 1.165) is 29.7 Å². The first-order valence-electron chi connectivity index (χ1n) is 6.80. The fraction of sp³-hybridized carbons (Fsp3) is 0.222. The van der Waals surface area contributed by atoms with Gasteiger partial charge in [-0.1, -0.05) is 36.1 Å². The molecule has 0 bridgehead atoms. The van der Waals surface area contributed by atoms with Crippen LogP contribution in [-0.4, -0.2) is 11.7 Å². The lowest BCUT2D eigenvalue weighted by atomic mass is 10.1. The molecule has 1 aliphatic rings. The standard InChI is InChI=1S/C18H16O2/c19-18-11-8-15-13-16(9-10-17(15)18)20-12-4-7-14-5-2-1-3-6-14/h1-3,5-6,9-10,13,18-19H,8,11-12H2/t18-/m0/s1. The molecule has 0 spiro atoms. The van der Waals surface area contributed by atoms with Gasteiger partial charge in [0.05, 0.1) is 6.10 Å². The van der Waals surface area contributed by atoms with E-state index in [4.69, 9.17) is 4.74 Å². The molecule has 2 nitrogen and oxygen atoms in total. The number of ether oxygens (including phenoxy) is 1. The van der Waals surface area contributed by atoms with E-state index in [-0.39, 0.29) is 6.10 Å². The van der Waals surface area contributed by atoms with Crippen molar-refractivity contribution in [3.63, 3.8) is 0 Å². The molecule has 2 aromatic carbocycles. The molecule has 20 heavy (non-hydrogen) atoms. The van der Waals surface area contributed by atoms with E-state index in [9.17, 15) is 5.11 Å². The van der Waals surface area contributed by atoms with Gasteiger partial charge < -0.3 is 9.84 Å². The highest BCUT2D eigenvalue weighted by atomic mass is 16.5. The summed E-state index contributed by atoms with van der Waals surface area (Å²) in [4.78, 5) is 0. The molecule has 0 aliphatic heterocycles. The Balaban J connectivity index is 1.61. The van der Waals surface area contributed by atoms with Crippen LogP contribution in [0.5, 0.6) is 5.75 Å². The van der Waals surface area contributed by atoms with Crippen molar-refractivity contribution in [2.24, 2.45) is 0 Å². The number of rotatable bonds is 2. The molecule has 0 fully saturated rings. The lowest BCUT2D eigenvalue weighted by molar-refractivity contribution is 0.180. The molecule has 1 atom stereocenters. The fourth-order valence-corrected chi connectivity index (χ4v) is 2.44. The molecule has 3 rings (SSSR count). The Hall–Kier alpha value is -2.24. The van der Waals surface area contributed by atoms with Gasteiger partial charge >= 0.3 is 0 Å². The summed E-state index contributed by atoms with van der Waals surface area (Å²) in [6.07, 6.45) is 1.42. The van der Waals surface area contributed by atoms with Crippen molar-refractivity contribution in [1.82, 2.24) is 0 Å². The summed E-state index contributed by atoms with van der Waals surface area (Å²) in [6, 6.07) is 15.7. The number of aliphatic hydroxyl groups excluding tert-OH is 1. The minimum Gasteiger partial charge on any atom is -0.481 e. The van der Waals surface area contributed by atoms with Gasteiger partial charge in [-0.2, -0.15) is 0 Å². The molecular formula is C18H16O2. The average molecular weight is 264 g/mol. The van der Waals surface area contributed by atoms with Gasteiger partial charge in [-0.05, 0) is 48.2 Å². The summed E-state index contributed by atoms with van der Waals surface area (Å²) in [5, 5.41) is 9.75. The summed E-state index contributed by atoms with van der Waals surface area (Å²) < 4.78 is 5.63. The second kappa shape index (κ2) is 5.81. The predicted molar refractivity (Wildman–Crippen MR) is 78.5 cm³/mol. The van der Waals surface area contributed by atoms with Gasteiger partial charge in [0.1, 0.15) is 12.4 Å². The lowest BCUT2D eigenvalue weighted by Crippen LogP contribution is -1.96. The molecule has 100 valence electrons. The second-order valence-electron chi connectivity index (χ2n) is 4.87. The Morgan fingerprint density at radius 3 is 2.85 bits per heavy atom. The van der Waals surface area contributed by atoms with Crippen molar-refractivity contribution in [3.05, 3.63) is 65.2 Å². The SMILES string of the molecule is O[C@H]1CCc2cc(OCC#Cc3ccccc3)ccc21. The van der Waals surface area contributed by atoms with E-state index < -0.39 is 0 Å². The topological polar surface area (TPSA) is 29.5 Å². The summed E-state index contributed by atoms with van der Waals surface area (Å²) >= 11 is 0. The van der Waals surface area contributed by atoms with Crippen molar-refractivity contribution in [2.75, 3.05) is 6.61 Å². The normalized spacial score (nSPS) is 16.1. The van der Waals surface area contributed by atoms with Gasteiger partial charge in [-0.3, -0.25) is 0 Å². The molecule has 0 saturated carbocycles. The maximum absolute atomic E-state index is 9.75. The smallest absolute Gasteiger partial charge is 0.149 e. The van der Waals surface area contributed by atoms with Crippen molar-refractivity contribution in [3.8, 4) is 17.6 Å². The minimum absolute atomic E-state index is 0.308. The zero-order valence-corrected chi connectivity index (χ0v) is 11.2. The highest BCUT2D eigenvalue weighted by molar-refractivity contribution is 5.40. The highest BCUT2D eigenvalue weighted by Crippen LogP contribution is 2.33. The highest BCUT2D eigenvalue weighted by Gasteiger charge is 2.20. The molecule has 0 radical (unpaired) electrons. The number of fused-ring (bicyclic) bond motifs is 1. The fourth-order valence-electron chi connectivity index (χ4n) is 2.44. The quantitative estimate of drug-likeness (QED) is 0.845. The lowest BCUT2D eigenvalue weighted by Gasteiger charge is -2.06. The number of aryl methyl sites for hydroxylation is 1. The Bertz CT molecular complexity index is 650.